The maximum absolute atomic E-state index is 13.3. The molecule has 10 nitrogen and oxygen atoms in total. The zero-order chi connectivity index (χ0) is 26.6. The van der Waals surface area contributed by atoms with Gasteiger partial charge in [0.15, 0.2) is 11.3 Å². The van der Waals surface area contributed by atoms with E-state index in [1.807, 2.05) is 13.8 Å². The number of aryl methyl sites for hydroxylation is 2. The first-order valence-corrected chi connectivity index (χ1v) is 14.6. The topological polar surface area (TPSA) is 139 Å². The molecule has 202 valence electrons. The minimum atomic E-state index is -3.95. The number of imidazole rings is 1. The maximum atomic E-state index is 13.3. The molecule has 2 aromatic heterocycles. The molecule has 11 heteroatoms. The third kappa shape index (κ3) is 6.05. The summed E-state index contributed by atoms with van der Waals surface area (Å²) >= 11 is 0. The number of benzene rings is 1. The van der Waals surface area contributed by atoms with Gasteiger partial charge in [0.25, 0.3) is 5.56 Å². The van der Waals surface area contributed by atoms with Gasteiger partial charge in [-0.15, -0.1) is 5.10 Å². The number of rotatable bonds is 11. The van der Waals surface area contributed by atoms with Crippen LogP contribution >= 0.6 is 0 Å². The van der Waals surface area contributed by atoms with Crippen LogP contribution in [0.3, 0.4) is 0 Å². The van der Waals surface area contributed by atoms with Crippen LogP contribution in [0.1, 0.15) is 70.3 Å². The lowest BCUT2D eigenvalue weighted by Gasteiger charge is -2.26. The van der Waals surface area contributed by atoms with Gasteiger partial charge in [0, 0.05) is 12.5 Å². The van der Waals surface area contributed by atoms with E-state index in [-0.39, 0.29) is 22.9 Å². The van der Waals surface area contributed by atoms with Crippen molar-refractivity contribution in [3.8, 4) is 17.1 Å². The van der Waals surface area contributed by atoms with Crippen molar-refractivity contribution >= 4 is 15.5 Å². The van der Waals surface area contributed by atoms with Crippen LogP contribution in [0.2, 0.25) is 0 Å². The summed E-state index contributed by atoms with van der Waals surface area (Å²) in [5, 5.41) is 14.5. The first-order chi connectivity index (χ1) is 17.8. The standard InChI is InChI=1S/C26H37N5O5S/c1-4-9-23-27-17(3)24-26(33)28-25(29-31(23)24)21-15-20(12-13-22(21)36-5-2)37(34,35)30-19(16-32)14-18-10-7-6-8-11-18/h12-13,15,18-19,30,32H,4-11,14,16H2,1-3H3,(H,28,29,33)/t19-/m0/s1. The van der Waals surface area contributed by atoms with Crippen molar-refractivity contribution in [3.05, 3.63) is 40.1 Å². The number of aromatic nitrogens is 4. The van der Waals surface area contributed by atoms with Crippen LogP contribution in [0.15, 0.2) is 27.9 Å². The summed E-state index contributed by atoms with van der Waals surface area (Å²) in [7, 11) is -3.95. The zero-order valence-electron chi connectivity index (χ0n) is 21.8. The molecule has 3 N–H and O–H groups in total. The molecule has 0 bridgehead atoms. The number of hydrogen-bond donors (Lipinski definition) is 3. The lowest BCUT2D eigenvalue weighted by Crippen LogP contribution is -2.39. The lowest BCUT2D eigenvalue weighted by molar-refractivity contribution is 0.218. The molecule has 1 aliphatic carbocycles. The van der Waals surface area contributed by atoms with Crippen LogP contribution < -0.4 is 15.0 Å². The van der Waals surface area contributed by atoms with Gasteiger partial charge in [0.1, 0.15) is 11.6 Å². The SMILES string of the molecule is CCCc1nc(C)c2c(=O)[nH]c(-c3cc(S(=O)(=O)N[C@H](CO)CC4CCCCC4)ccc3OCC)nn12. The number of H-pyrrole nitrogens is 1. The second kappa shape index (κ2) is 11.7. The van der Waals surface area contributed by atoms with Crippen molar-refractivity contribution < 1.29 is 18.3 Å². The number of sulfonamides is 1. The van der Waals surface area contributed by atoms with E-state index < -0.39 is 16.1 Å². The van der Waals surface area contributed by atoms with Crippen molar-refractivity contribution in [1.82, 2.24) is 24.3 Å². The fourth-order valence-corrected chi connectivity index (χ4v) is 6.42. The highest BCUT2D eigenvalue weighted by atomic mass is 32.2. The van der Waals surface area contributed by atoms with E-state index >= 15 is 0 Å². The fourth-order valence-electron chi connectivity index (χ4n) is 5.16. The number of nitrogens with zero attached hydrogens (tertiary/aromatic N) is 3. The van der Waals surface area contributed by atoms with E-state index in [9.17, 15) is 18.3 Å². The number of aliphatic hydroxyl groups is 1. The lowest BCUT2D eigenvalue weighted by atomic mass is 9.85. The molecule has 4 rings (SSSR count). The van der Waals surface area contributed by atoms with Gasteiger partial charge in [0.2, 0.25) is 10.0 Å². The molecule has 1 atom stereocenters. The van der Waals surface area contributed by atoms with Crippen LogP contribution in [0, 0.1) is 12.8 Å². The van der Waals surface area contributed by atoms with E-state index in [1.165, 1.54) is 23.1 Å². The van der Waals surface area contributed by atoms with Gasteiger partial charge in [-0.1, -0.05) is 39.0 Å². The molecule has 1 fully saturated rings. The van der Waals surface area contributed by atoms with Gasteiger partial charge in [0.05, 0.1) is 29.4 Å². The first-order valence-electron chi connectivity index (χ1n) is 13.2. The molecule has 0 aliphatic heterocycles. The maximum Gasteiger partial charge on any atom is 0.277 e. The number of hydrogen-bond acceptors (Lipinski definition) is 7. The van der Waals surface area contributed by atoms with Gasteiger partial charge >= 0.3 is 0 Å². The molecule has 37 heavy (non-hydrogen) atoms. The van der Waals surface area contributed by atoms with Crippen molar-refractivity contribution in [2.24, 2.45) is 5.92 Å². The predicted molar refractivity (Wildman–Crippen MR) is 141 cm³/mol. The van der Waals surface area contributed by atoms with Crippen molar-refractivity contribution in [2.45, 2.75) is 83.1 Å². The number of ether oxygens (including phenoxy) is 1. The first kappa shape index (κ1) is 27.3. The number of aliphatic hydroxyl groups excluding tert-OH is 1. The van der Waals surface area contributed by atoms with Crippen molar-refractivity contribution in [2.75, 3.05) is 13.2 Å². The monoisotopic (exact) mass is 531 g/mol. The highest BCUT2D eigenvalue weighted by Crippen LogP contribution is 2.31. The van der Waals surface area contributed by atoms with E-state index in [2.05, 4.69) is 19.8 Å². The second-order valence-corrected chi connectivity index (χ2v) is 11.5. The highest BCUT2D eigenvalue weighted by Gasteiger charge is 2.26. The van der Waals surface area contributed by atoms with Gasteiger partial charge < -0.3 is 14.8 Å². The average Bonchev–Trinajstić information content (AvgIpc) is 3.20. The number of aromatic amines is 1. The Kier molecular flexibility index (Phi) is 8.66. The zero-order valence-corrected chi connectivity index (χ0v) is 22.6. The Labute approximate surface area is 217 Å². The second-order valence-electron chi connectivity index (χ2n) is 9.76. The average molecular weight is 532 g/mol. The van der Waals surface area contributed by atoms with Gasteiger partial charge in [-0.3, -0.25) is 4.79 Å². The largest absolute Gasteiger partial charge is 0.493 e. The summed E-state index contributed by atoms with van der Waals surface area (Å²) in [5.41, 5.74) is 0.941. The minimum absolute atomic E-state index is 0.00591. The quantitative estimate of drug-likeness (QED) is 0.345. The molecule has 0 amide bonds. The predicted octanol–water partition coefficient (Wildman–Crippen LogP) is 3.35. The molecule has 1 aromatic carbocycles. The summed E-state index contributed by atoms with van der Waals surface area (Å²) in [4.78, 5) is 20.3. The molecule has 3 aromatic rings. The van der Waals surface area contributed by atoms with Crippen LogP contribution in [0.5, 0.6) is 5.75 Å². The molecule has 1 saturated carbocycles. The third-order valence-electron chi connectivity index (χ3n) is 6.92. The molecular weight excluding hydrogens is 494 g/mol. The van der Waals surface area contributed by atoms with Crippen LogP contribution in [0.4, 0.5) is 0 Å². The summed E-state index contributed by atoms with van der Waals surface area (Å²) in [6.45, 7) is 5.69. The molecular formula is C26H37N5O5S. The molecule has 0 saturated heterocycles. The minimum Gasteiger partial charge on any atom is -0.493 e. The number of nitrogens with one attached hydrogen (secondary N) is 2. The fraction of sp³-hybridized carbons (Fsp3) is 0.577. The molecule has 2 heterocycles. The van der Waals surface area contributed by atoms with E-state index in [4.69, 9.17) is 4.74 Å². The molecule has 0 radical (unpaired) electrons. The van der Waals surface area contributed by atoms with Crippen molar-refractivity contribution in [1.29, 1.82) is 0 Å². The highest BCUT2D eigenvalue weighted by molar-refractivity contribution is 7.89. The van der Waals surface area contributed by atoms with Gasteiger partial charge in [-0.25, -0.2) is 22.6 Å². The Morgan fingerprint density at radius 1 is 1.24 bits per heavy atom. The molecule has 1 aliphatic rings. The van der Waals surface area contributed by atoms with Crippen LogP contribution in [-0.4, -0.2) is 52.4 Å². The Balaban J connectivity index is 1.72. The summed E-state index contributed by atoms with van der Waals surface area (Å²) in [6, 6.07) is 3.92. The number of fused-ring (bicyclic) bond motifs is 1. The molecule has 0 unspecified atom stereocenters. The van der Waals surface area contributed by atoms with E-state index in [0.29, 0.717) is 53.7 Å². The van der Waals surface area contributed by atoms with Crippen LogP contribution in [0.25, 0.3) is 16.9 Å². The Morgan fingerprint density at radius 3 is 2.68 bits per heavy atom. The summed E-state index contributed by atoms with van der Waals surface area (Å²) in [5.74, 6) is 1.66. The Hall–Kier alpha value is -2.76. The summed E-state index contributed by atoms with van der Waals surface area (Å²) in [6.07, 6.45) is 7.69. The third-order valence-corrected chi connectivity index (χ3v) is 8.44. The van der Waals surface area contributed by atoms with Crippen molar-refractivity contribution in [3.63, 3.8) is 0 Å². The van der Waals surface area contributed by atoms with E-state index in [0.717, 1.165) is 32.1 Å². The van der Waals surface area contributed by atoms with Gasteiger partial charge in [-0.05, 0) is 50.8 Å². The summed E-state index contributed by atoms with van der Waals surface area (Å²) < 4.78 is 36.7. The Morgan fingerprint density at radius 2 is 2.00 bits per heavy atom. The Bertz CT molecular complexity index is 1390. The van der Waals surface area contributed by atoms with Crippen LogP contribution in [-0.2, 0) is 16.4 Å². The molecule has 0 spiro atoms. The normalized spacial score (nSPS) is 15.8. The van der Waals surface area contributed by atoms with Gasteiger partial charge in [-0.2, -0.15) is 0 Å². The van der Waals surface area contributed by atoms with E-state index in [1.54, 1.807) is 13.0 Å². The smallest absolute Gasteiger partial charge is 0.277 e.